The number of nitrogens with zero attached hydrogens (tertiary/aromatic N) is 4. The van der Waals surface area contributed by atoms with Crippen LogP contribution in [-0.4, -0.2) is 44.1 Å². The van der Waals surface area contributed by atoms with Gasteiger partial charge < -0.3 is 4.90 Å². The summed E-state index contributed by atoms with van der Waals surface area (Å²) >= 11 is 0. The minimum absolute atomic E-state index is 0.223. The zero-order valence-corrected chi connectivity index (χ0v) is 14.7. The van der Waals surface area contributed by atoms with E-state index >= 15 is 0 Å². The fourth-order valence-corrected chi connectivity index (χ4v) is 3.46. The van der Waals surface area contributed by atoms with Crippen LogP contribution in [0, 0.1) is 20.8 Å². The molecule has 128 valence electrons. The number of nitrogens with one attached hydrogen (secondary N) is 1. The smallest absolute Gasteiger partial charge is 0.222 e. The Bertz CT molecular complexity index is 704. The first-order chi connectivity index (χ1) is 11.5. The molecule has 6 nitrogen and oxygen atoms in total. The number of aromatic nitrogens is 4. The quantitative estimate of drug-likeness (QED) is 0.936. The number of aromatic amines is 1. The Morgan fingerprint density at radius 3 is 2.88 bits per heavy atom. The van der Waals surface area contributed by atoms with E-state index in [9.17, 15) is 4.79 Å². The number of hydrogen-bond donors (Lipinski definition) is 1. The van der Waals surface area contributed by atoms with Crippen LogP contribution in [0.1, 0.15) is 53.5 Å². The second-order valence-electron chi connectivity index (χ2n) is 6.68. The molecule has 3 heterocycles. The predicted octanol–water partition coefficient (Wildman–Crippen LogP) is 2.46. The molecule has 1 N–H and O–H groups in total. The Balaban J connectivity index is 1.61. The maximum atomic E-state index is 12.6. The van der Waals surface area contributed by atoms with Gasteiger partial charge in [0.1, 0.15) is 0 Å². The van der Waals surface area contributed by atoms with Gasteiger partial charge in [0.05, 0.1) is 17.1 Å². The molecule has 6 heteroatoms. The number of carbonyl (C=O) groups excluding carboxylic acids is 1. The fourth-order valence-electron chi connectivity index (χ4n) is 3.46. The highest BCUT2D eigenvalue weighted by Gasteiger charge is 2.26. The highest BCUT2D eigenvalue weighted by molar-refractivity contribution is 5.76. The summed E-state index contributed by atoms with van der Waals surface area (Å²) in [5.74, 6) is 0.521. The number of piperidine rings is 1. The molecule has 2 aromatic heterocycles. The number of rotatable bonds is 4. The van der Waals surface area contributed by atoms with Crippen LogP contribution < -0.4 is 0 Å². The summed E-state index contributed by atoms with van der Waals surface area (Å²) < 4.78 is 0. The SMILES string of the molecule is Cc1cncc(C2CCCN(C(=O)CCc3c(C)n[nH]c3C)C2)n1. The monoisotopic (exact) mass is 327 g/mol. The Kier molecular flexibility index (Phi) is 4.92. The van der Waals surface area contributed by atoms with E-state index in [1.54, 1.807) is 6.20 Å². The predicted molar refractivity (Wildman–Crippen MR) is 91.7 cm³/mol. The number of H-pyrrole nitrogens is 1. The minimum Gasteiger partial charge on any atom is -0.342 e. The lowest BCUT2D eigenvalue weighted by Gasteiger charge is -2.32. The third-order valence-electron chi connectivity index (χ3n) is 4.84. The molecule has 1 fully saturated rings. The van der Waals surface area contributed by atoms with E-state index in [1.165, 1.54) is 5.56 Å². The molecule has 1 saturated heterocycles. The topological polar surface area (TPSA) is 74.8 Å². The van der Waals surface area contributed by atoms with E-state index in [0.29, 0.717) is 12.3 Å². The average molecular weight is 327 g/mol. The van der Waals surface area contributed by atoms with Crippen molar-refractivity contribution in [2.24, 2.45) is 0 Å². The number of carbonyl (C=O) groups is 1. The van der Waals surface area contributed by atoms with Gasteiger partial charge in [0, 0.05) is 43.5 Å². The van der Waals surface area contributed by atoms with Crippen LogP contribution in [0.2, 0.25) is 0 Å². The Morgan fingerprint density at radius 2 is 2.17 bits per heavy atom. The van der Waals surface area contributed by atoms with Gasteiger partial charge in [-0.3, -0.25) is 19.9 Å². The van der Waals surface area contributed by atoms with Crippen molar-refractivity contribution in [2.75, 3.05) is 13.1 Å². The lowest BCUT2D eigenvalue weighted by molar-refractivity contribution is -0.132. The molecule has 1 unspecified atom stereocenters. The van der Waals surface area contributed by atoms with Crippen molar-refractivity contribution in [3.05, 3.63) is 40.7 Å². The lowest BCUT2D eigenvalue weighted by atomic mass is 9.94. The molecule has 1 amide bonds. The van der Waals surface area contributed by atoms with Crippen LogP contribution in [0.5, 0.6) is 0 Å². The van der Waals surface area contributed by atoms with Crippen molar-refractivity contribution in [3.63, 3.8) is 0 Å². The zero-order chi connectivity index (χ0) is 17.1. The molecule has 1 atom stereocenters. The van der Waals surface area contributed by atoms with E-state index in [0.717, 1.165) is 55.1 Å². The molecule has 0 aromatic carbocycles. The molecular weight excluding hydrogens is 302 g/mol. The summed E-state index contributed by atoms with van der Waals surface area (Å²) in [5, 5.41) is 7.19. The van der Waals surface area contributed by atoms with Crippen LogP contribution in [0.15, 0.2) is 12.4 Å². The second-order valence-corrected chi connectivity index (χ2v) is 6.68. The molecule has 3 rings (SSSR count). The standard InChI is InChI=1S/C18H25N5O/c1-12-9-19-10-17(20-12)15-5-4-8-23(11-15)18(24)7-6-16-13(2)21-22-14(16)3/h9-10,15H,4-8,11H2,1-3H3,(H,21,22). The van der Waals surface area contributed by atoms with Gasteiger partial charge in [0.15, 0.2) is 0 Å². The number of hydrogen-bond acceptors (Lipinski definition) is 4. The molecule has 0 bridgehead atoms. The normalized spacial score (nSPS) is 18.0. The molecular formula is C18H25N5O. The van der Waals surface area contributed by atoms with Gasteiger partial charge in [-0.05, 0) is 45.6 Å². The third kappa shape index (κ3) is 3.63. The van der Waals surface area contributed by atoms with Crippen molar-refractivity contribution in [3.8, 4) is 0 Å². The van der Waals surface area contributed by atoms with Gasteiger partial charge in [-0.25, -0.2) is 0 Å². The van der Waals surface area contributed by atoms with Gasteiger partial charge in [0.2, 0.25) is 5.91 Å². The van der Waals surface area contributed by atoms with Crippen molar-refractivity contribution in [1.29, 1.82) is 0 Å². The van der Waals surface area contributed by atoms with E-state index < -0.39 is 0 Å². The van der Waals surface area contributed by atoms with Crippen LogP contribution in [0.3, 0.4) is 0 Å². The van der Waals surface area contributed by atoms with Gasteiger partial charge in [-0.1, -0.05) is 0 Å². The van der Waals surface area contributed by atoms with Crippen molar-refractivity contribution < 1.29 is 4.79 Å². The van der Waals surface area contributed by atoms with Gasteiger partial charge in [-0.2, -0.15) is 5.10 Å². The van der Waals surface area contributed by atoms with Crippen molar-refractivity contribution in [1.82, 2.24) is 25.1 Å². The van der Waals surface area contributed by atoms with Gasteiger partial charge in [0.25, 0.3) is 0 Å². The fraction of sp³-hybridized carbons (Fsp3) is 0.556. The summed E-state index contributed by atoms with van der Waals surface area (Å²) in [6, 6.07) is 0. The highest BCUT2D eigenvalue weighted by Crippen LogP contribution is 2.26. The van der Waals surface area contributed by atoms with Crippen LogP contribution in [0.25, 0.3) is 0 Å². The summed E-state index contributed by atoms with van der Waals surface area (Å²) in [6.45, 7) is 7.54. The molecule has 0 aliphatic carbocycles. The number of amides is 1. The Labute approximate surface area is 142 Å². The first-order valence-electron chi connectivity index (χ1n) is 8.61. The largest absolute Gasteiger partial charge is 0.342 e. The van der Waals surface area contributed by atoms with Crippen molar-refractivity contribution in [2.45, 2.75) is 52.4 Å². The Morgan fingerprint density at radius 1 is 1.33 bits per heavy atom. The molecule has 1 aliphatic heterocycles. The van der Waals surface area contributed by atoms with Gasteiger partial charge >= 0.3 is 0 Å². The molecule has 0 saturated carbocycles. The van der Waals surface area contributed by atoms with Crippen LogP contribution in [0.4, 0.5) is 0 Å². The van der Waals surface area contributed by atoms with E-state index in [1.807, 2.05) is 31.9 Å². The summed E-state index contributed by atoms with van der Waals surface area (Å²) in [4.78, 5) is 23.4. The van der Waals surface area contributed by atoms with E-state index in [2.05, 4.69) is 20.2 Å². The summed E-state index contributed by atoms with van der Waals surface area (Å²) in [5.41, 5.74) is 5.16. The molecule has 1 aliphatic rings. The Hall–Kier alpha value is -2.24. The minimum atomic E-state index is 0.223. The first-order valence-corrected chi connectivity index (χ1v) is 8.61. The molecule has 0 spiro atoms. The summed E-state index contributed by atoms with van der Waals surface area (Å²) in [7, 11) is 0. The van der Waals surface area contributed by atoms with Crippen LogP contribution in [-0.2, 0) is 11.2 Å². The average Bonchev–Trinajstić information content (AvgIpc) is 2.91. The third-order valence-corrected chi connectivity index (χ3v) is 4.84. The number of aryl methyl sites for hydroxylation is 3. The lowest BCUT2D eigenvalue weighted by Crippen LogP contribution is -2.39. The number of likely N-dealkylation sites (tertiary alicyclic amines) is 1. The van der Waals surface area contributed by atoms with E-state index in [-0.39, 0.29) is 5.91 Å². The van der Waals surface area contributed by atoms with Crippen LogP contribution >= 0.6 is 0 Å². The second kappa shape index (κ2) is 7.11. The highest BCUT2D eigenvalue weighted by atomic mass is 16.2. The molecule has 2 aromatic rings. The summed E-state index contributed by atoms with van der Waals surface area (Å²) in [6.07, 6.45) is 6.98. The van der Waals surface area contributed by atoms with Gasteiger partial charge in [-0.15, -0.1) is 0 Å². The maximum Gasteiger partial charge on any atom is 0.222 e. The molecule has 24 heavy (non-hydrogen) atoms. The van der Waals surface area contributed by atoms with Crippen molar-refractivity contribution >= 4 is 5.91 Å². The molecule has 0 radical (unpaired) electrons. The first kappa shape index (κ1) is 16.6. The maximum absolute atomic E-state index is 12.6. The van der Waals surface area contributed by atoms with E-state index in [4.69, 9.17) is 0 Å². The zero-order valence-electron chi connectivity index (χ0n) is 14.7.